The normalized spacial score (nSPS) is 12.4. The van der Waals surface area contributed by atoms with E-state index >= 15 is 0 Å². The van der Waals surface area contributed by atoms with E-state index in [-0.39, 0.29) is 11.9 Å². The first-order chi connectivity index (χ1) is 9.56. The van der Waals surface area contributed by atoms with Gasteiger partial charge in [0.15, 0.2) is 0 Å². The molecule has 5 nitrogen and oxygen atoms in total. The number of pyridine rings is 1. The third-order valence-electron chi connectivity index (χ3n) is 3.40. The van der Waals surface area contributed by atoms with E-state index in [4.69, 9.17) is 5.73 Å². The van der Waals surface area contributed by atoms with Crippen LogP contribution < -0.4 is 11.1 Å². The summed E-state index contributed by atoms with van der Waals surface area (Å²) in [4.78, 5) is 18.4. The Labute approximate surface area is 121 Å². The zero-order valence-electron chi connectivity index (χ0n) is 12.7. The molecule has 20 heavy (non-hydrogen) atoms. The molecule has 1 amide bonds. The first kappa shape index (κ1) is 16.4. The van der Waals surface area contributed by atoms with Crippen molar-refractivity contribution >= 4 is 11.6 Å². The molecular formula is C15H26N4O. The van der Waals surface area contributed by atoms with Crippen LogP contribution in [0.1, 0.15) is 44.1 Å². The van der Waals surface area contributed by atoms with Gasteiger partial charge in [0, 0.05) is 6.04 Å². The maximum atomic E-state index is 12.0. The summed E-state index contributed by atoms with van der Waals surface area (Å²) in [5, 5.41) is 2.96. The highest BCUT2D eigenvalue weighted by molar-refractivity contribution is 5.92. The fourth-order valence-corrected chi connectivity index (χ4v) is 2.07. The van der Waals surface area contributed by atoms with Crippen LogP contribution in [0.15, 0.2) is 18.3 Å². The molecule has 0 aliphatic heterocycles. The second kappa shape index (κ2) is 8.53. The van der Waals surface area contributed by atoms with E-state index in [9.17, 15) is 4.79 Å². The highest BCUT2D eigenvalue weighted by Crippen LogP contribution is 2.04. The number of nitrogens with zero attached hydrogens (tertiary/aromatic N) is 2. The van der Waals surface area contributed by atoms with E-state index in [1.807, 2.05) is 6.92 Å². The molecule has 112 valence electrons. The molecule has 1 atom stereocenters. The predicted octanol–water partition coefficient (Wildman–Crippen LogP) is 1.90. The molecule has 1 aromatic heterocycles. The number of rotatable bonds is 8. The number of aromatic nitrogens is 1. The zero-order chi connectivity index (χ0) is 15.0. The quantitative estimate of drug-likeness (QED) is 0.762. The summed E-state index contributed by atoms with van der Waals surface area (Å²) in [5.74, 6) is -0.139. The molecule has 1 aromatic rings. The Morgan fingerprint density at radius 2 is 2.10 bits per heavy atom. The van der Waals surface area contributed by atoms with Crippen LogP contribution >= 0.6 is 0 Å². The molecule has 0 aliphatic carbocycles. The standard InChI is InChI=1S/C15H26N4O/c1-4-19(5-2)10-6-7-12(3)18-15(20)14-9-8-13(16)11-17-14/h8-9,11-12H,4-7,10,16H2,1-3H3,(H,18,20). The lowest BCUT2D eigenvalue weighted by atomic mass is 10.1. The minimum absolute atomic E-state index is 0.139. The summed E-state index contributed by atoms with van der Waals surface area (Å²) < 4.78 is 0. The first-order valence-electron chi connectivity index (χ1n) is 7.31. The van der Waals surface area contributed by atoms with E-state index in [0.717, 1.165) is 32.5 Å². The van der Waals surface area contributed by atoms with Crippen LogP contribution in [0.25, 0.3) is 0 Å². The fourth-order valence-electron chi connectivity index (χ4n) is 2.07. The average Bonchev–Trinajstić information content (AvgIpc) is 2.44. The van der Waals surface area contributed by atoms with Crippen molar-refractivity contribution in [3.8, 4) is 0 Å². The SMILES string of the molecule is CCN(CC)CCCC(C)NC(=O)c1ccc(N)cn1. The van der Waals surface area contributed by atoms with Gasteiger partial charge in [-0.25, -0.2) is 4.98 Å². The average molecular weight is 278 g/mol. The maximum absolute atomic E-state index is 12.0. The minimum atomic E-state index is -0.139. The smallest absolute Gasteiger partial charge is 0.270 e. The van der Waals surface area contributed by atoms with E-state index in [2.05, 4.69) is 29.0 Å². The van der Waals surface area contributed by atoms with Crippen molar-refractivity contribution in [1.82, 2.24) is 15.2 Å². The number of amides is 1. The second-order valence-electron chi connectivity index (χ2n) is 5.02. The summed E-state index contributed by atoms with van der Waals surface area (Å²) in [5.41, 5.74) is 6.53. The molecule has 0 saturated carbocycles. The number of hydrogen-bond donors (Lipinski definition) is 2. The van der Waals surface area contributed by atoms with Gasteiger partial charge in [0.05, 0.1) is 11.9 Å². The molecule has 1 rings (SSSR count). The number of hydrogen-bond acceptors (Lipinski definition) is 4. The van der Waals surface area contributed by atoms with Crippen LogP contribution in [0.5, 0.6) is 0 Å². The molecule has 0 bridgehead atoms. The van der Waals surface area contributed by atoms with Gasteiger partial charge < -0.3 is 16.0 Å². The van der Waals surface area contributed by atoms with Crippen molar-refractivity contribution in [2.45, 2.75) is 39.7 Å². The highest BCUT2D eigenvalue weighted by atomic mass is 16.1. The number of carbonyl (C=O) groups excluding carboxylic acids is 1. The molecule has 0 fully saturated rings. The number of nitrogen functional groups attached to an aromatic ring is 1. The number of carbonyl (C=O) groups is 1. The molecule has 1 unspecified atom stereocenters. The van der Waals surface area contributed by atoms with Gasteiger partial charge in [-0.15, -0.1) is 0 Å². The third-order valence-corrected chi connectivity index (χ3v) is 3.40. The molecule has 0 aromatic carbocycles. The molecule has 0 aliphatic rings. The van der Waals surface area contributed by atoms with Gasteiger partial charge in [0.25, 0.3) is 5.91 Å². The minimum Gasteiger partial charge on any atom is -0.397 e. The lowest BCUT2D eigenvalue weighted by molar-refractivity contribution is 0.0932. The molecule has 1 heterocycles. The van der Waals surface area contributed by atoms with E-state index < -0.39 is 0 Å². The monoisotopic (exact) mass is 278 g/mol. The fraction of sp³-hybridized carbons (Fsp3) is 0.600. The molecule has 0 radical (unpaired) electrons. The van der Waals surface area contributed by atoms with Gasteiger partial charge in [0.1, 0.15) is 5.69 Å². The van der Waals surface area contributed by atoms with Crippen molar-refractivity contribution < 1.29 is 4.79 Å². The van der Waals surface area contributed by atoms with Crippen LogP contribution in [0.2, 0.25) is 0 Å². The van der Waals surface area contributed by atoms with Gasteiger partial charge in [-0.3, -0.25) is 4.79 Å². The van der Waals surface area contributed by atoms with E-state index in [0.29, 0.717) is 11.4 Å². The molecule has 5 heteroatoms. The second-order valence-corrected chi connectivity index (χ2v) is 5.02. The molecule has 0 spiro atoms. The Hall–Kier alpha value is -1.62. The van der Waals surface area contributed by atoms with Crippen LogP contribution in [0.4, 0.5) is 5.69 Å². The van der Waals surface area contributed by atoms with Crippen molar-refractivity contribution in [3.05, 3.63) is 24.0 Å². The zero-order valence-corrected chi connectivity index (χ0v) is 12.7. The Morgan fingerprint density at radius 1 is 1.40 bits per heavy atom. The Bertz CT molecular complexity index is 401. The molecule has 3 N–H and O–H groups in total. The number of nitrogens with one attached hydrogen (secondary N) is 1. The molecule has 0 saturated heterocycles. The Kier molecular flexibility index (Phi) is 7.01. The summed E-state index contributed by atoms with van der Waals surface area (Å²) in [6, 6.07) is 3.48. The van der Waals surface area contributed by atoms with E-state index in [1.165, 1.54) is 6.20 Å². The maximum Gasteiger partial charge on any atom is 0.270 e. The van der Waals surface area contributed by atoms with Gasteiger partial charge in [-0.2, -0.15) is 0 Å². The van der Waals surface area contributed by atoms with Crippen LogP contribution in [0, 0.1) is 0 Å². The Balaban J connectivity index is 2.33. The van der Waals surface area contributed by atoms with E-state index in [1.54, 1.807) is 12.1 Å². The van der Waals surface area contributed by atoms with Crippen molar-refractivity contribution in [1.29, 1.82) is 0 Å². The highest BCUT2D eigenvalue weighted by Gasteiger charge is 2.11. The topological polar surface area (TPSA) is 71.2 Å². The largest absolute Gasteiger partial charge is 0.397 e. The van der Waals surface area contributed by atoms with Gasteiger partial charge >= 0.3 is 0 Å². The van der Waals surface area contributed by atoms with Gasteiger partial charge in [-0.1, -0.05) is 13.8 Å². The summed E-state index contributed by atoms with van der Waals surface area (Å²) in [6.07, 6.45) is 3.55. The summed E-state index contributed by atoms with van der Waals surface area (Å²) in [6.45, 7) is 9.59. The first-order valence-corrected chi connectivity index (χ1v) is 7.31. The van der Waals surface area contributed by atoms with Crippen molar-refractivity contribution in [3.63, 3.8) is 0 Å². The third kappa shape index (κ3) is 5.57. The van der Waals surface area contributed by atoms with Crippen molar-refractivity contribution in [2.24, 2.45) is 0 Å². The predicted molar refractivity (Wildman–Crippen MR) is 82.6 cm³/mol. The lowest BCUT2D eigenvalue weighted by Crippen LogP contribution is -2.34. The van der Waals surface area contributed by atoms with Crippen molar-refractivity contribution in [2.75, 3.05) is 25.4 Å². The van der Waals surface area contributed by atoms with Gasteiger partial charge in [0.2, 0.25) is 0 Å². The van der Waals surface area contributed by atoms with Gasteiger partial charge in [-0.05, 0) is 51.5 Å². The summed E-state index contributed by atoms with van der Waals surface area (Å²) >= 11 is 0. The summed E-state index contributed by atoms with van der Waals surface area (Å²) in [7, 11) is 0. The molecular weight excluding hydrogens is 252 g/mol. The van der Waals surface area contributed by atoms with Crippen LogP contribution in [-0.4, -0.2) is 41.5 Å². The van der Waals surface area contributed by atoms with Crippen LogP contribution in [0.3, 0.4) is 0 Å². The lowest BCUT2D eigenvalue weighted by Gasteiger charge is -2.19. The number of anilines is 1. The Morgan fingerprint density at radius 3 is 2.65 bits per heavy atom. The number of nitrogens with two attached hydrogens (primary N) is 1. The van der Waals surface area contributed by atoms with Crippen LogP contribution in [-0.2, 0) is 0 Å².